The molecule has 2 heterocycles. The van der Waals surface area contributed by atoms with Crippen molar-refractivity contribution in [2.75, 3.05) is 12.3 Å². The second kappa shape index (κ2) is 6.82. The molecular weight excluding hydrogens is 330 g/mol. The topological polar surface area (TPSA) is 110 Å². The lowest BCUT2D eigenvalue weighted by molar-refractivity contribution is -0.136. The fourth-order valence-electron chi connectivity index (χ4n) is 3.09. The molecule has 3 N–H and O–H groups in total. The van der Waals surface area contributed by atoms with Gasteiger partial charge in [0.2, 0.25) is 11.8 Å². The van der Waals surface area contributed by atoms with Crippen molar-refractivity contribution in [2.45, 2.75) is 36.7 Å². The highest BCUT2D eigenvalue weighted by atomic mass is 32.2. The van der Waals surface area contributed by atoms with Crippen LogP contribution in [-0.2, 0) is 26.9 Å². The average molecular weight is 349 g/mol. The zero-order chi connectivity index (χ0) is 17.3. The minimum Gasteiger partial charge on any atom is -0.330 e. The van der Waals surface area contributed by atoms with Crippen LogP contribution in [0, 0.1) is 0 Å². The van der Waals surface area contributed by atoms with Crippen LogP contribution in [0.25, 0.3) is 0 Å². The summed E-state index contributed by atoms with van der Waals surface area (Å²) in [6.07, 6.45) is 1.17. The number of amides is 3. The average Bonchev–Trinajstić information content (AvgIpc) is 2.89. The van der Waals surface area contributed by atoms with E-state index < -0.39 is 22.7 Å². The van der Waals surface area contributed by atoms with Gasteiger partial charge in [0.25, 0.3) is 5.91 Å². The molecule has 7 nitrogen and oxygen atoms in total. The number of carbonyl (C=O) groups is 3. The zero-order valence-corrected chi connectivity index (χ0v) is 13.9. The predicted octanol–water partition coefficient (Wildman–Crippen LogP) is -0.0960. The maximum Gasteiger partial charge on any atom is 0.255 e. The first-order valence-electron chi connectivity index (χ1n) is 7.88. The van der Waals surface area contributed by atoms with E-state index in [4.69, 9.17) is 5.73 Å². The Morgan fingerprint density at radius 3 is 2.79 bits per heavy atom. The lowest BCUT2D eigenvalue weighted by Crippen LogP contribution is -2.52. The molecule has 2 aliphatic rings. The van der Waals surface area contributed by atoms with E-state index in [-0.39, 0.29) is 24.8 Å². The molecule has 24 heavy (non-hydrogen) atoms. The van der Waals surface area contributed by atoms with Crippen LogP contribution in [0.3, 0.4) is 0 Å². The van der Waals surface area contributed by atoms with Gasteiger partial charge < -0.3 is 10.6 Å². The number of benzene rings is 1. The van der Waals surface area contributed by atoms with Gasteiger partial charge in [-0.1, -0.05) is 6.07 Å². The molecular formula is C16H19N3O4S. The van der Waals surface area contributed by atoms with E-state index in [1.165, 1.54) is 4.90 Å². The molecule has 0 saturated carbocycles. The van der Waals surface area contributed by atoms with Gasteiger partial charge in [0.15, 0.2) is 0 Å². The minimum atomic E-state index is -1.23. The van der Waals surface area contributed by atoms with Gasteiger partial charge in [-0.3, -0.25) is 23.9 Å². The second-order valence-corrected chi connectivity index (χ2v) is 7.41. The molecule has 0 radical (unpaired) electrons. The summed E-state index contributed by atoms with van der Waals surface area (Å²) in [6, 6.07) is 4.49. The molecule has 0 spiro atoms. The minimum absolute atomic E-state index is 0.214. The van der Waals surface area contributed by atoms with Gasteiger partial charge in [0.05, 0.1) is 10.8 Å². The Morgan fingerprint density at radius 1 is 1.29 bits per heavy atom. The van der Waals surface area contributed by atoms with Crippen molar-refractivity contribution < 1.29 is 18.6 Å². The van der Waals surface area contributed by atoms with Gasteiger partial charge in [0, 0.05) is 34.7 Å². The number of nitrogens with zero attached hydrogens (tertiary/aromatic N) is 1. The number of nitrogens with two attached hydrogens (primary N) is 1. The Labute approximate surface area is 142 Å². The highest BCUT2D eigenvalue weighted by Crippen LogP contribution is 2.31. The van der Waals surface area contributed by atoms with Crippen LogP contribution in [-0.4, -0.2) is 45.2 Å². The normalized spacial score (nSPS) is 21.6. The molecule has 3 rings (SSSR count). The number of hydrogen-bond acceptors (Lipinski definition) is 5. The number of carbonyl (C=O) groups excluding carboxylic acids is 3. The second-order valence-electron chi connectivity index (χ2n) is 5.87. The van der Waals surface area contributed by atoms with Crippen LogP contribution in [0.5, 0.6) is 0 Å². The van der Waals surface area contributed by atoms with Crippen molar-refractivity contribution in [2.24, 2.45) is 5.73 Å². The summed E-state index contributed by atoms with van der Waals surface area (Å²) < 4.78 is 12.5. The monoisotopic (exact) mass is 349 g/mol. The molecule has 1 aromatic carbocycles. The van der Waals surface area contributed by atoms with Crippen molar-refractivity contribution in [3.63, 3.8) is 0 Å². The summed E-state index contributed by atoms with van der Waals surface area (Å²) in [6.45, 7) is 0.701. The summed E-state index contributed by atoms with van der Waals surface area (Å²) in [5, 5.41) is 2.27. The lowest BCUT2D eigenvalue weighted by Gasteiger charge is -2.29. The van der Waals surface area contributed by atoms with E-state index in [2.05, 4.69) is 5.32 Å². The molecule has 0 aromatic heterocycles. The first-order chi connectivity index (χ1) is 11.5. The van der Waals surface area contributed by atoms with Crippen molar-refractivity contribution in [1.82, 2.24) is 10.2 Å². The van der Waals surface area contributed by atoms with E-state index in [0.29, 0.717) is 41.2 Å². The Morgan fingerprint density at radius 2 is 2.08 bits per heavy atom. The molecule has 2 aliphatic heterocycles. The van der Waals surface area contributed by atoms with E-state index in [1.807, 2.05) is 0 Å². The van der Waals surface area contributed by atoms with Crippen LogP contribution < -0.4 is 11.1 Å². The quantitative estimate of drug-likeness (QED) is 0.722. The van der Waals surface area contributed by atoms with Gasteiger partial charge in [-0.05, 0) is 31.5 Å². The summed E-state index contributed by atoms with van der Waals surface area (Å²) in [4.78, 5) is 38.1. The number of piperidine rings is 1. The first kappa shape index (κ1) is 16.8. The molecule has 8 heteroatoms. The molecule has 128 valence electrons. The molecule has 0 bridgehead atoms. The van der Waals surface area contributed by atoms with E-state index in [0.717, 1.165) is 0 Å². The maximum absolute atomic E-state index is 12.7. The molecule has 1 aromatic rings. The van der Waals surface area contributed by atoms with Crippen molar-refractivity contribution in [1.29, 1.82) is 0 Å². The molecule has 2 unspecified atom stereocenters. The zero-order valence-electron chi connectivity index (χ0n) is 13.1. The number of hydrogen-bond donors (Lipinski definition) is 2. The molecule has 2 atom stereocenters. The fraction of sp³-hybridized carbons (Fsp3) is 0.438. The van der Waals surface area contributed by atoms with Gasteiger partial charge in [0.1, 0.15) is 6.04 Å². The lowest BCUT2D eigenvalue weighted by atomic mass is 10.0. The van der Waals surface area contributed by atoms with Crippen LogP contribution in [0.1, 0.15) is 35.2 Å². The van der Waals surface area contributed by atoms with Crippen LogP contribution in [0.4, 0.5) is 0 Å². The predicted molar refractivity (Wildman–Crippen MR) is 87.4 cm³/mol. The summed E-state index contributed by atoms with van der Waals surface area (Å²) in [7, 11) is -1.23. The van der Waals surface area contributed by atoms with Gasteiger partial charge in [-0.15, -0.1) is 0 Å². The SMILES string of the molecule is NCCCS(=O)c1cccc2c1CN(C1CCC(=O)NC1=O)C2=O. The highest BCUT2D eigenvalue weighted by Gasteiger charge is 2.40. The third kappa shape index (κ3) is 2.99. The Hall–Kier alpha value is -2.06. The number of imide groups is 1. The fourth-order valence-corrected chi connectivity index (χ4v) is 4.42. The highest BCUT2D eigenvalue weighted by molar-refractivity contribution is 7.85. The third-order valence-electron chi connectivity index (χ3n) is 4.32. The number of fused-ring (bicyclic) bond motifs is 1. The van der Waals surface area contributed by atoms with Gasteiger partial charge in [-0.25, -0.2) is 0 Å². The third-order valence-corrected chi connectivity index (χ3v) is 5.85. The largest absolute Gasteiger partial charge is 0.330 e. The summed E-state index contributed by atoms with van der Waals surface area (Å²) >= 11 is 0. The van der Waals surface area contributed by atoms with E-state index in [9.17, 15) is 18.6 Å². The van der Waals surface area contributed by atoms with Gasteiger partial charge >= 0.3 is 0 Å². The van der Waals surface area contributed by atoms with Gasteiger partial charge in [-0.2, -0.15) is 0 Å². The summed E-state index contributed by atoms with van der Waals surface area (Å²) in [5.41, 5.74) is 6.66. The molecule has 0 aliphatic carbocycles. The number of rotatable bonds is 5. The van der Waals surface area contributed by atoms with Crippen LogP contribution >= 0.6 is 0 Å². The Kier molecular flexibility index (Phi) is 4.77. The van der Waals surface area contributed by atoms with E-state index in [1.54, 1.807) is 18.2 Å². The number of nitrogens with one attached hydrogen (secondary N) is 1. The molecule has 1 saturated heterocycles. The maximum atomic E-state index is 12.7. The van der Waals surface area contributed by atoms with Crippen LogP contribution in [0.15, 0.2) is 23.1 Å². The van der Waals surface area contributed by atoms with Crippen molar-refractivity contribution in [3.8, 4) is 0 Å². The van der Waals surface area contributed by atoms with Crippen molar-refractivity contribution >= 4 is 28.5 Å². The molecule has 1 fully saturated rings. The van der Waals surface area contributed by atoms with Crippen LogP contribution in [0.2, 0.25) is 0 Å². The van der Waals surface area contributed by atoms with Crippen molar-refractivity contribution in [3.05, 3.63) is 29.3 Å². The summed E-state index contributed by atoms with van der Waals surface area (Å²) in [5.74, 6) is -0.570. The standard InChI is InChI=1S/C16H19N3O4S/c17-7-2-8-24(23)13-4-1-3-10-11(13)9-19(16(10)22)12-5-6-14(20)18-15(12)21/h1,3-4,12H,2,5-9,17H2,(H,18,20,21). The first-order valence-corrected chi connectivity index (χ1v) is 9.20. The smallest absolute Gasteiger partial charge is 0.255 e. The molecule has 3 amide bonds. The van der Waals surface area contributed by atoms with E-state index >= 15 is 0 Å². The Balaban J connectivity index is 1.86. The Bertz CT molecular complexity index is 734.